The van der Waals surface area contributed by atoms with Gasteiger partial charge in [0.2, 0.25) is 11.8 Å². The monoisotopic (exact) mass is 329 g/mol. The second-order valence-corrected chi connectivity index (χ2v) is 6.78. The summed E-state index contributed by atoms with van der Waals surface area (Å²) in [5.41, 5.74) is 1.94. The molecular formula is C19H27N3O2. The van der Waals surface area contributed by atoms with Crippen LogP contribution in [0.5, 0.6) is 0 Å². The molecule has 5 heteroatoms. The molecule has 2 heterocycles. The maximum absolute atomic E-state index is 12.6. The molecule has 2 amide bonds. The van der Waals surface area contributed by atoms with Crippen molar-refractivity contribution in [3.05, 3.63) is 29.8 Å². The highest BCUT2D eigenvalue weighted by Gasteiger charge is 2.36. The first-order chi connectivity index (χ1) is 11.7. The lowest BCUT2D eigenvalue weighted by Gasteiger charge is -2.26. The Labute approximate surface area is 144 Å². The number of fused-ring (bicyclic) bond motifs is 1. The van der Waals surface area contributed by atoms with E-state index in [9.17, 15) is 9.59 Å². The quantitative estimate of drug-likeness (QED) is 0.840. The molecule has 0 spiro atoms. The summed E-state index contributed by atoms with van der Waals surface area (Å²) < 4.78 is 0. The Bertz CT molecular complexity index is 596. The van der Waals surface area contributed by atoms with Crippen LogP contribution in [0.4, 0.5) is 5.69 Å². The summed E-state index contributed by atoms with van der Waals surface area (Å²) in [5.74, 6) is -0.117. The number of rotatable bonds is 5. The molecule has 1 atom stereocenters. The van der Waals surface area contributed by atoms with E-state index in [1.165, 1.54) is 39.3 Å². The molecule has 3 rings (SSSR count). The van der Waals surface area contributed by atoms with Crippen LogP contribution in [0.3, 0.4) is 0 Å². The number of nitrogens with one attached hydrogen (secondary N) is 1. The van der Waals surface area contributed by atoms with Gasteiger partial charge in [-0.2, -0.15) is 0 Å². The van der Waals surface area contributed by atoms with Crippen LogP contribution in [0.2, 0.25) is 0 Å². The van der Waals surface area contributed by atoms with Crippen LogP contribution in [-0.4, -0.2) is 48.9 Å². The highest BCUT2D eigenvalue weighted by molar-refractivity contribution is 6.02. The van der Waals surface area contributed by atoms with Gasteiger partial charge in [-0.25, -0.2) is 0 Å². The summed E-state index contributed by atoms with van der Waals surface area (Å²) in [6, 6.07) is 7.37. The molecule has 1 aromatic rings. The highest BCUT2D eigenvalue weighted by Crippen LogP contribution is 2.32. The van der Waals surface area contributed by atoms with Crippen molar-refractivity contribution in [2.75, 3.05) is 31.1 Å². The lowest BCUT2D eigenvalue weighted by molar-refractivity contribution is -0.125. The van der Waals surface area contributed by atoms with Crippen molar-refractivity contribution in [3.63, 3.8) is 0 Å². The minimum Gasteiger partial charge on any atom is -0.354 e. The van der Waals surface area contributed by atoms with E-state index < -0.39 is 6.04 Å². The predicted octanol–water partition coefficient (Wildman–Crippen LogP) is 1.96. The van der Waals surface area contributed by atoms with Crippen molar-refractivity contribution in [1.82, 2.24) is 10.2 Å². The Hall–Kier alpha value is -1.88. The lowest BCUT2D eigenvalue weighted by atomic mass is 10.1. The van der Waals surface area contributed by atoms with E-state index in [-0.39, 0.29) is 11.8 Å². The van der Waals surface area contributed by atoms with Gasteiger partial charge in [0.25, 0.3) is 0 Å². The van der Waals surface area contributed by atoms with E-state index in [2.05, 4.69) is 10.2 Å². The second-order valence-electron chi connectivity index (χ2n) is 6.78. The average Bonchev–Trinajstić information content (AvgIpc) is 2.99. The van der Waals surface area contributed by atoms with Crippen molar-refractivity contribution in [2.45, 2.75) is 45.1 Å². The van der Waals surface area contributed by atoms with E-state index in [1.807, 2.05) is 24.3 Å². The Kier molecular flexibility index (Phi) is 5.51. The molecule has 1 saturated heterocycles. The molecule has 0 unspecified atom stereocenters. The number of amides is 2. The van der Waals surface area contributed by atoms with Gasteiger partial charge in [-0.15, -0.1) is 0 Å². The number of likely N-dealkylation sites (tertiary alicyclic amines) is 1. The zero-order chi connectivity index (χ0) is 16.9. The van der Waals surface area contributed by atoms with E-state index in [4.69, 9.17) is 0 Å². The van der Waals surface area contributed by atoms with Gasteiger partial charge in [0.1, 0.15) is 6.04 Å². The number of nitrogens with zero attached hydrogens (tertiary/aromatic N) is 2. The van der Waals surface area contributed by atoms with Gasteiger partial charge >= 0.3 is 0 Å². The summed E-state index contributed by atoms with van der Waals surface area (Å²) in [6.07, 6.45) is 5.50. The molecule has 0 saturated carbocycles. The van der Waals surface area contributed by atoms with Crippen LogP contribution < -0.4 is 10.2 Å². The molecule has 0 radical (unpaired) electrons. The van der Waals surface area contributed by atoms with Crippen molar-refractivity contribution in [3.8, 4) is 0 Å². The third-order valence-corrected chi connectivity index (χ3v) is 5.02. The second kappa shape index (κ2) is 7.79. The van der Waals surface area contributed by atoms with Crippen LogP contribution in [0.1, 0.15) is 38.2 Å². The standard InChI is InChI=1S/C19H27N3O2/c1-15(23)22-17-9-4-3-8-16(17)14-18(22)19(24)20-10-7-13-21-11-5-2-6-12-21/h3-4,8-9,18H,2,5-7,10-14H2,1H3,(H,20,24)/t18-/m1/s1. The minimum atomic E-state index is -0.408. The van der Waals surface area contributed by atoms with Crippen LogP contribution >= 0.6 is 0 Å². The third kappa shape index (κ3) is 3.78. The smallest absolute Gasteiger partial charge is 0.243 e. The normalized spacial score (nSPS) is 20.7. The first-order valence-electron chi connectivity index (χ1n) is 9.04. The fourth-order valence-electron chi connectivity index (χ4n) is 3.80. The van der Waals surface area contributed by atoms with Crippen molar-refractivity contribution >= 4 is 17.5 Å². The largest absolute Gasteiger partial charge is 0.354 e. The lowest BCUT2D eigenvalue weighted by Crippen LogP contribution is -2.47. The van der Waals surface area contributed by atoms with Crippen LogP contribution in [0, 0.1) is 0 Å². The molecular weight excluding hydrogens is 302 g/mol. The number of piperidine rings is 1. The topological polar surface area (TPSA) is 52.7 Å². The van der Waals surface area contributed by atoms with E-state index in [0.29, 0.717) is 13.0 Å². The van der Waals surface area contributed by atoms with Gasteiger partial charge in [-0.1, -0.05) is 24.6 Å². The van der Waals surface area contributed by atoms with Gasteiger partial charge in [0.05, 0.1) is 0 Å². The number of para-hydroxylation sites is 1. The number of anilines is 1. The van der Waals surface area contributed by atoms with Gasteiger partial charge < -0.3 is 10.2 Å². The number of hydrogen-bond acceptors (Lipinski definition) is 3. The van der Waals surface area contributed by atoms with Crippen LogP contribution in [0.15, 0.2) is 24.3 Å². The number of carbonyl (C=O) groups is 2. The zero-order valence-corrected chi connectivity index (χ0v) is 14.5. The molecule has 0 bridgehead atoms. The van der Waals surface area contributed by atoms with Crippen molar-refractivity contribution in [2.24, 2.45) is 0 Å². The maximum Gasteiger partial charge on any atom is 0.243 e. The molecule has 130 valence electrons. The molecule has 0 aromatic heterocycles. The summed E-state index contributed by atoms with van der Waals surface area (Å²) >= 11 is 0. The number of carbonyl (C=O) groups excluding carboxylic acids is 2. The average molecular weight is 329 g/mol. The summed E-state index contributed by atoms with van der Waals surface area (Å²) in [7, 11) is 0. The Morgan fingerprint density at radius 2 is 1.92 bits per heavy atom. The molecule has 2 aliphatic rings. The molecule has 2 aliphatic heterocycles. The summed E-state index contributed by atoms with van der Waals surface area (Å²) in [5, 5.41) is 3.02. The first-order valence-corrected chi connectivity index (χ1v) is 9.04. The third-order valence-electron chi connectivity index (χ3n) is 5.02. The van der Waals surface area contributed by atoms with Gasteiger partial charge in [0, 0.05) is 25.6 Å². The minimum absolute atomic E-state index is 0.0416. The fourth-order valence-corrected chi connectivity index (χ4v) is 3.80. The predicted molar refractivity (Wildman–Crippen MR) is 95.0 cm³/mol. The molecule has 1 fully saturated rings. The van der Waals surface area contributed by atoms with Gasteiger partial charge in [-0.05, 0) is 50.5 Å². The summed E-state index contributed by atoms with van der Waals surface area (Å²) in [4.78, 5) is 28.7. The summed E-state index contributed by atoms with van der Waals surface area (Å²) in [6.45, 7) is 5.61. The number of hydrogen-bond donors (Lipinski definition) is 1. The first kappa shape index (κ1) is 17.0. The molecule has 1 aromatic carbocycles. The van der Waals surface area contributed by atoms with E-state index in [0.717, 1.165) is 24.2 Å². The maximum atomic E-state index is 12.6. The Morgan fingerprint density at radius 1 is 1.17 bits per heavy atom. The fraction of sp³-hybridized carbons (Fsp3) is 0.579. The number of benzene rings is 1. The Balaban J connectivity index is 1.50. The van der Waals surface area contributed by atoms with Crippen LogP contribution in [0.25, 0.3) is 0 Å². The van der Waals surface area contributed by atoms with E-state index >= 15 is 0 Å². The SMILES string of the molecule is CC(=O)N1c2ccccc2C[C@@H]1C(=O)NCCCN1CCCCC1. The molecule has 0 aliphatic carbocycles. The van der Waals surface area contributed by atoms with E-state index in [1.54, 1.807) is 4.90 Å². The van der Waals surface area contributed by atoms with Gasteiger partial charge in [-0.3, -0.25) is 14.5 Å². The zero-order valence-electron chi connectivity index (χ0n) is 14.5. The van der Waals surface area contributed by atoms with Gasteiger partial charge in [0.15, 0.2) is 0 Å². The molecule has 24 heavy (non-hydrogen) atoms. The van der Waals surface area contributed by atoms with Crippen molar-refractivity contribution < 1.29 is 9.59 Å². The Morgan fingerprint density at radius 3 is 2.67 bits per heavy atom. The van der Waals surface area contributed by atoms with Crippen molar-refractivity contribution in [1.29, 1.82) is 0 Å². The highest BCUT2D eigenvalue weighted by atomic mass is 16.2. The molecule has 5 nitrogen and oxygen atoms in total. The van der Waals surface area contributed by atoms with Crippen LogP contribution in [-0.2, 0) is 16.0 Å². The molecule has 1 N–H and O–H groups in total.